The molecule has 0 atom stereocenters. The lowest BCUT2D eigenvalue weighted by molar-refractivity contribution is 0.438. The minimum atomic E-state index is -0.414. The summed E-state index contributed by atoms with van der Waals surface area (Å²) in [7, 11) is 0. The van der Waals surface area contributed by atoms with E-state index in [0.29, 0.717) is 16.1 Å². The smallest absolute Gasteiger partial charge is 0.167 e. The van der Waals surface area contributed by atoms with Crippen LogP contribution in [0.15, 0.2) is 40.9 Å². The Morgan fingerprint density at radius 1 is 1.22 bits per heavy atom. The number of halogens is 4. The molecule has 0 heterocycles. The molecule has 0 fully saturated rings. The fourth-order valence-corrected chi connectivity index (χ4v) is 2.38. The monoisotopic (exact) mass is 392 g/mol. The molecule has 0 saturated carbocycles. The average Bonchev–Trinajstić information content (AvgIpc) is 2.36. The Balaban J connectivity index is 2.42. The van der Waals surface area contributed by atoms with Crippen LogP contribution in [0.25, 0.3) is 0 Å². The summed E-state index contributed by atoms with van der Waals surface area (Å²) in [5.41, 5.74) is 0.728. The first-order chi connectivity index (χ1) is 8.61. The van der Waals surface area contributed by atoms with E-state index in [2.05, 4.69) is 31.9 Å². The normalized spacial score (nSPS) is 10.4. The van der Waals surface area contributed by atoms with Gasteiger partial charge in [-0.1, -0.05) is 55.6 Å². The van der Waals surface area contributed by atoms with Gasteiger partial charge < -0.3 is 4.74 Å². The zero-order chi connectivity index (χ0) is 13.1. The lowest BCUT2D eigenvalue weighted by Gasteiger charge is -2.12. The first-order valence-electron chi connectivity index (χ1n) is 5.08. The number of rotatable bonds is 3. The Kier molecular flexibility index (Phi) is 4.65. The lowest BCUT2D eigenvalue weighted by Crippen LogP contribution is -1.93. The highest BCUT2D eigenvalue weighted by atomic mass is 79.9. The quantitative estimate of drug-likeness (QED) is 0.587. The van der Waals surface area contributed by atoms with E-state index >= 15 is 0 Å². The zero-order valence-electron chi connectivity index (χ0n) is 9.09. The molecule has 5 heteroatoms. The number of ether oxygens (including phenoxy) is 1. The first-order valence-corrected chi connectivity index (χ1v) is 7.37. The van der Waals surface area contributed by atoms with Crippen LogP contribution < -0.4 is 4.74 Å². The van der Waals surface area contributed by atoms with Crippen LogP contribution in [0.1, 0.15) is 5.56 Å². The van der Waals surface area contributed by atoms with Crippen LogP contribution in [-0.2, 0) is 5.33 Å². The maximum atomic E-state index is 13.8. The lowest BCUT2D eigenvalue weighted by atomic mass is 10.2. The van der Waals surface area contributed by atoms with E-state index in [-0.39, 0.29) is 5.75 Å². The van der Waals surface area contributed by atoms with Crippen LogP contribution in [0.2, 0.25) is 5.02 Å². The van der Waals surface area contributed by atoms with Crippen molar-refractivity contribution >= 4 is 43.5 Å². The summed E-state index contributed by atoms with van der Waals surface area (Å²) < 4.78 is 20.1. The van der Waals surface area contributed by atoms with Crippen LogP contribution in [0.5, 0.6) is 11.5 Å². The minimum Gasteiger partial charge on any atom is -0.452 e. The SMILES string of the molecule is Fc1cccc(CBr)c1Oc1cc(Br)ccc1Cl. The van der Waals surface area contributed by atoms with Crippen LogP contribution in [0.4, 0.5) is 4.39 Å². The van der Waals surface area contributed by atoms with E-state index < -0.39 is 5.82 Å². The minimum absolute atomic E-state index is 0.189. The van der Waals surface area contributed by atoms with Gasteiger partial charge in [-0.2, -0.15) is 0 Å². The van der Waals surface area contributed by atoms with Gasteiger partial charge in [-0.15, -0.1) is 0 Å². The third-order valence-corrected chi connectivity index (χ3v) is 3.71. The van der Waals surface area contributed by atoms with E-state index in [4.69, 9.17) is 16.3 Å². The van der Waals surface area contributed by atoms with Crippen LogP contribution in [0.3, 0.4) is 0 Å². The van der Waals surface area contributed by atoms with Crippen molar-refractivity contribution in [3.05, 3.63) is 57.3 Å². The zero-order valence-corrected chi connectivity index (χ0v) is 13.0. The molecule has 2 aromatic rings. The topological polar surface area (TPSA) is 9.23 Å². The van der Waals surface area contributed by atoms with Gasteiger partial charge in [0.2, 0.25) is 0 Å². The van der Waals surface area contributed by atoms with Gasteiger partial charge in [0.1, 0.15) is 5.75 Å². The van der Waals surface area contributed by atoms with Crippen molar-refractivity contribution in [2.24, 2.45) is 0 Å². The third-order valence-electron chi connectivity index (χ3n) is 2.30. The van der Waals surface area contributed by atoms with Gasteiger partial charge in [0, 0.05) is 15.4 Å². The summed E-state index contributed by atoms with van der Waals surface area (Å²) in [4.78, 5) is 0. The summed E-state index contributed by atoms with van der Waals surface area (Å²) in [6.45, 7) is 0. The predicted molar refractivity (Wildman–Crippen MR) is 78.3 cm³/mol. The summed E-state index contributed by atoms with van der Waals surface area (Å²) in [5, 5.41) is 0.938. The van der Waals surface area contributed by atoms with Gasteiger partial charge in [0.15, 0.2) is 11.6 Å². The Morgan fingerprint density at radius 2 is 2.00 bits per heavy atom. The van der Waals surface area contributed by atoms with Gasteiger partial charge in [0.25, 0.3) is 0 Å². The molecular weight excluding hydrogens is 386 g/mol. The van der Waals surface area contributed by atoms with Gasteiger partial charge in [-0.25, -0.2) is 4.39 Å². The fourth-order valence-electron chi connectivity index (χ4n) is 1.44. The van der Waals surface area contributed by atoms with Gasteiger partial charge in [-0.3, -0.25) is 0 Å². The number of para-hydroxylation sites is 1. The predicted octanol–water partition coefficient (Wildman–Crippen LogP) is 5.93. The van der Waals surface area contributed by atoms with Crippen LogP contribution in [-0.4, -0.2) is 0 Å². The molecule has 2 rings (SSSR count). The van der Waals surface area contributed by atoms with Crippen molar-refractivity contribution in [1.29, 1.82) is 0 Å². The average molecular weight is 394 g/mol. The van der Waals surface area contributed by atoms with Crippen molar-refractivity contribution in [2.75, 3.05) is 0 Å². The molecule has 0 radical (unpaired) electrons. The van der Waals surface area contributed by atoms with E-state index in [0.717, 1.165) is 10.0 Å². The molecule has 2 aromatic carbocycles. The Morgan fingerprint density at radius 3 is 2.72 bits per heavy atom. The number of hydrogen-bond acceptors (Lipinski definition) is 1. The molecule has 0 aromatic heterocycles. The van der Waals surface area contributed by atoms with Gasteiger partial charge >= 0.3 is 0 Å². The highest BCUT2D eigenvalue weighted by Crippen LogP contribution is 2.35. The summed E-state index contributed by atoms with van der Waals surface area (Å²) in [6, 6.07) is 9.97. The van der Waals surface area contributed by atoms with Crippen LogP contribution in [0, 0.1) is 5.82 Å². The van der Waals surface area contributed by atoms with Crippen molar-refractivity contribution in [3.63, 3.8) is 0 Å². The molecule has 0 unspecified atom stereocenters. The van der Waals surface area contributed by atoms with Crippen LogP contribution >= 0.6 is 43.5 Å². The summed E-state index contributed by atoms with van der Waals surface area (Å²) in [6.07, 6.45) is 0. The number of hydrogen-bond donors (Lipinski definition) is 0. The second kappa shape index (κ2) is 6.04. The molecule has 0 aliphatic heterocycles. The Labute approximate surface area is 126 Å². The maximum Gasteiger partial charge on any atom is 0.167 e. The molecular formula is C13H8Br2ClFO. The second-order valence-electron chi connectivity index (χ2n) is 3.54. The molecule has 0 spiro atoms. The molecule has 18 heavy (non-hydrogen) atoms. The van der Waals surface area contributed by atoms with Crippen molar-refractivity contribution < 1.29 is 9.13 Å². The fraction of sp³-hybridized carbons (Fsp3) is 0.0769. The number of benzene rings is 2. The van der Waals surface area contributed by atoms with E-state index in [1.807, 2.05) is 0 Å². The molecule has 0 aliphatic carbocycles. The largest absolute Gasteiger partial charge is 0.452 e. The van der Waals surface area contributed by atoms with Crippen molar-refractivity contribution in [1.82, 2.24) is 0 Å². The summed E-state index contributed by atoms with van der Waals surface area (Å²) in [5.74, 6) is 0.190. The molecule has 0 N–H and O–H groups in total. The van der Waals surface area contributed by atoms with Gasteiger partial charge in [0.05, 0.1) is 5.02 Å². The standard InChI is InChI=1S/C13H8Br2ClFO/c14-7-8-2-1-3-11(17)13(8)18-12-6-9(15)4-5-10(12)16/h1-6H,7H2. The molecule has 94 valence electrons. The third kappa shape index (κ3) is 3.05. The molecule has 0 amide bonds. The van der Waals surface area contributed by atoms with E-state index in [1.165, 1.54) is 6.07 Å². The molecule has 0 saturated heterocycles. The second-order valence-corrected chi connectivity index (χ2v) is 5.42. The number of alkyl halides is 1. The molecule has 1 nitrogen and oxygen atoms in total. The van der Waals surface area contributed by atoms with Crippen molar-refractivity contribution in [3.8, 4) is 11.5 Å². The van der Waals surface area contributed by atoms with Gasteiger partial charge in [-0.05, 0) is 24.3 Å². The highest BCUT2D eigenvalue weighted by molar-refractivity contribution is 9.10. The molecule has 0 aliphatic rings. The first kappa shape index (κ1) is 13.8. The molecule has 0 bridgehead atoms. The Hall–Kier alpha value is -0.580. The van der Waals surface area contributed by atoms with E-state index in [9.17, 15) is 4.39 Å². The Bertz CT molecular complexity index is 575. The highest BCUT2D eigenvalue weighted by Gasteiger charge is 2.12. The van der Waals surface area contributed by atoms with E-state index in [1.54, 1.807) is 30.3 Å². The maximum absolute atomic E-state index is 13.8. The van der Waals surface area contributed by atoms with Crippen molar-refractivity contribution in [2.45, 2.75) is 5.33 Å². The summed E-state index contributed by atoms with van der Waals surface area (Å²) >= 11 is 12.6.